The Bertz CT molecular complexity index is 935. The van der Waals surface area contributed by atoms with E-state index in [1.165, 1.54) is 53.8 Å². The molecule has 5 nitrogen and oxygen atoms in total. The van der Waals surface area contributed by atoms with E-state index in [4.69, 9.17) is 0 Å². The van der Waals surface area contributed by atoms with Crippen LogP contribution >= 0.6 is 0 Å². The first-order valence-corrected chi connectivity index (χ1v) is 10.6. The van der Waals surface area contributed by atoms with E-state index in [-0.39, 0.29) is 6.04 Å². The number of aliphatic imine (C=N–C) groups is 1. The molecule has 0 bridgehead atoms. The van der Waals surface area contributed by atoms with Gasteiger partial charge in [-0.3, -0.25) is 4.99 Å². The molecule has 1 saturated heterocycles. The quantitative estimate of drug-likeness (QED) is 0.437. The number of guanidine groups is 1. The summed E-state index contributed by atoms with van der Waals surface area (Å²) in [5.74, 6) is 0.834. The van der Waals surface area contributed by atoms with Crippen LogP contribution in [0.4, 0.5) is 5.69 Å². The summed E-state index contributed by atoms with van der Waals surface area (Å²) in [5, 5.41) is 8.23. The summed E-state index contributed by atoms with van der Waals surface area (Å²) in [6.07, 6.45) is 3.52. The molecule has 4 rings (SSSR count). The van der Waals surface area contributed by atoms with Crippen molar-refractivity contribution in [1.82, 2.24) is 15.6 Å². The van der Waals surface area contributed by atoms with E-state index < -0.39 is 0 Å². The van der Waals surface area contributed by atoms with Crippen LogP contribution in [0.5, 0.6) is 0 Å². The lowest BCUT2D eigenvalue weighted by molar-refractivity contribution is 0.683. The maximum atomic E-state index is 4.40. The van der Waals surface area contributed by atoms with Crippen molar-refractivity contribution in [2.24, 2.45) is 4.99 Å². The van der Waals surface area contributed by atoms with Crippen LogP contribution in [0.3, 0.4) is 0 Å². The molecule has 0 radical (unpaired) electrons. The van der Waals surface area contributed by atoms with E-state index >= 15 is 0 Å². The highest BCUT2D eigenvalue weighted by atomic mass is 15.2. The van der Waals surface area contributed by atoms with Gasteiger partial charge >= 0.3 is 0 Å². The monoisotopic (exact) mass is 389 g/mol. The second-order valence-electron chi connectivity index (χ2n) is 7.79. The van der Waals surface area contributed by atoms with Gasteiger partial charge < -0.3 is 20.5 Å². The Hall–Kier alpha value is -2.95. The Morgan fingerprint density at radius 1 is 1.10 bits per heavy atom. The minimum absolute atomic E-state index is 0.192. The second-order valence-corrected chi connectivity index (χ2v) is 7.79. The van der Waals surface area contributed by atoms with E-state index in [2.05, 4.69) is 87.0 Å². The molecule has 1 aliphatic heterocycles. The lowest BCUT2D eigenvalue weighted by Gasteiger charge is -2.22. The average Bonchev–Trinajstić information content (AvgIpc) is 3.42. The van der Waals surface area contributed by atoms with Crippen molar-refractivity contribution < 1.29 is 0 Å². The van der Waals surface area contributed by atoms with E-state index in [1.807, 2.05) is 7.05 Å². The molecule has 0 saturated carbocycles. The molecule has 2 heterocycles. The Labute approximate surface area is 173 Å². The van der Waals surface area contributed by atoms with Gasteiger partial charge in [0.15, 0.2) is 5.96 Å². The van der Waals surface area contributed by atoms with Crippen LogP contribution in [0, 0.1) is 0 Å². The van der Waals surface area contributed by atoms with Crippen LogP contribution < -0.4 is 15.5 Å². The van der Waals surface area contributed by atoms with Gasteiger partial charge in [0.2, 0.25) is 0 Å². The van der Waals surface area contributed by atoms with Crippen LogP contribution in [-0.2, 0) is 6.42 Å². The Morgan fingerprint density at radius 2 is 1.93 bits per heavy atom. The van der Waals surface area contributed by atoms with Crippen LogP contribution in [0.2, 0.25) is 0 Å². The number of aromatic nitrogens is 1. The lowest BCUT2D eigenvalue weighted by Crippen LogP contribution is -2.39. The molecule has 1 aliphatic rings. The van der Waals surface area contributed by atoms with E-state index in [1.54, 1.807) is 0 Å². The lowest BCUT2D eigenvalue weighted by atomic mass is 10.1. The van der Waals surface area contributed by atoms with E-state index in [0.717, 1.165) is 18.9 Å². The summed E-state index contributed by atoms with van der Waals surface area (Å²) in [6, 6.07) is 19.7. The molecule has 29 heavy (non-hydrogen) atoms. The van der Waals surface area contributed by atoms with Crippen molar-refractivity contribution in [3.63, 3.8) is 0 Å². The number of rotatable bonds is 6. The number of hydrogen-bond donors (Lipinski definition) is 3. The van der Waals surface area contributed by atoms with Crippen molar-refractivity contribution in [1.29, 1.82) is 0 Å². The van der Waals surface area contributed by atoms with Crippen LogP contribution in [0.25, 0.3) is 10.9 Å². The van der Waals surface area contributed by atoms with Crippen LogP contribution in [0.1, 0.15) is 37.1 Å². The number of para-hydroxylation sites is 1. The van der Waals surface area contributed by atoms with Crippen LogP contribution in [-0.4, -0.2) is 37.6 Å². The highest BCUT2D eigenvalue weighted by molar-refractivity contribution is 5.81. The Morgan fingerprint density at radius 3 is 2.72 bits per heavy atom. The predicted octanol–water partition coefficient (Wildman–Crippen LogP) is 4.24. The SMILES string of the molecule is CN=C(NCCc1cc2ccccc2[nH]1)NC(C)c1cccc(N2CCCC2)c1. The third kappa shape index (κ3) is 4.73. The molecule has 0 aliphatic carbocycles. The number of benzene rings is 2. The maximum absolute atomic E-state index is 4.40. The Balaban J connectivity index is 1.32. The molecule has 2 aromatic carbocycles. The fraction of sp³-hybridized carbons (Fsp3) is 0.375. The zero-order valence-corrected chi connectivity index (χ0v) is 17.4. The molecule has 1 fully saturated rings. The number of anilines is 1. The summed E-state index contributed by atoms with van der Waals surface area (Å²) >= 11 is 0. The van der Waals surface area contributed by atoms with Gasteiger partial charge in [-0.15, -0.1) is 0 Å². The Kier molecular flexibility index (Phi) is 6.03. The smallest absolute Gasteiger partial charge is 0.191 e. The topological polar surface area (TPSA) is 55.5 Å². The molecule has 0 amide bonds. The summed E-state index contributed by atoms with van der Waals surface area (Å²) < 4.78 is 0. The summed E-state index contributed by atoms with van der Waals surface area (Å²) in [6.45, 7) is 5.35. The minimum Gasteiger partial charge on any atom is -0.372 e. The summed E-state index contributed by atoms with van der Waals surface area (Å²) in [4.78, 5) is 10.4. The van der Waals surface area contributed by atoms with Crippen LogP contribution in [0.15, 0.2) is 59.6 Å². The molecular weight excluding hydrogens is 358 g/mol. The molecule has 0 spiro atoms. The van der Waals surface area contributed by atoms with E-state index in [0.29, 0.717) is 0 Å². The number of nitrogens with one attached hydrogen (secondary N) is 3. The standard InChI is InChI=1S/C24H31N5/c1-18(19-9-7-10-22(17-19)29-14-5-6-15-29)27-24(25-2)26-13-12-21-16-20-8-3-4-11-23(20)28-21/h3-4,7-11,16-18,28H,5-6,12-15H2,1-2H3,(H2,25,26,27). The molecular formula is C24H31N5. The number of fused-ring (bicyclic) bond motifs is 1. The van der Waals surface area contributed by atoms with Gasteiger partial charge in [0, 0.05) is 50.0 Å². The fourth-order valence-corrected chi connectivity index (χ4v) is 4.03. The van der Waals surface area contributed by atoms with Gasteiger partial charge in [-0.05, 0) is 55.0 Å². The molecule has 1 aromatic heterocycles. The first-order chi connectivity index (χ1) is 14.2. The number of aromatic amines is 1. The van der Waals surface area contributed by atoms with Gasteiger partial charge in [0.05, 0.1) is 6.04 Å². The third-order valence-corrected chi connectivity index (χ3v) is 5.69. The summed E-state index contributed by atoms with van der Waals surface area (Å²) in [7, 11) is 1.83. The first-order valence-electron chi connectivity index (χ1n) is 10.6. The molecule has 1 unspecified atom stereocenters. The predicted molar refractivity (Wildman–Crippen MR) is 123 cm³/mol. The molecule has 152 valence electrons. The van der Waals surface area contributed by atoms with Gasteiger partial charge in [-0.25, -0.2) is 0 Å². The largest absolute Gasteiger partial charge is 0.372 e. The molecule has 3 N–H and O–H groups in total. The maximum Gasteiger partial charge on any atom is 0.191 e. The van der Waals surface area contributed by atoms with Gasteiger partial charge in [0.1, 0.15) is 0 Å². The van der Waals surface area contributed by atoms with Crippen molar-refractivity contribution in [3.8, 4) is 0 Å². The normalized spacial score (nSPS) is 15.7. The third-order valence-electron chi connectivity index (χ3n) is 5.69. The highest BCUT2D eigenvalue weighted by Crippen LogP contribution is 2.24. The molecule has 1 atom stereocenters. The van der Waals surface area contributed by atoms with Gasteiger partial charge in [-0.2, -0.15) is 0 Å². The van der Waals surface area contributed by atoms with Crippen molar-refractivity contribution in [2.75, 3.05) is 31.6 Å². The fourth-order valence-electron chi connectivity index (χ4n) is 4.03. The number of nitrogens with zero attached hydrogens (tertiary/aromatic N) is 2. The number of H-pyrrole nitrogens is 1. The minimum atomic E-state index is 0.192. The van der Waals surface area contributed by atoms with Crippen molar-refractivity contribution in [2.45, 2.75) is 32.2 Å². The molecule has 5 heteroatoms. The highest BCUT2D eigenvalue weighted by Gasteiger charge is 2.14. The zero-order valence-electron chi connectivity index (χ0n) is 17.4. The summed E-state index contributed by atoms with van der Waals surface area (Å²) in [5.41, 5.74) is 5.04. The zero-order chi connectivity index (χ0) is 20.1. The first kappa shape index (κ1) is 19.4. The average molecular weight is 390 g/mol. The number of hydrogen-bond acceptors (Lipinski definition) is 2. The van der Waals surface area contributed by atoms with Gasteiger partial charge in [0.25, 0.3) is 0 Å². The van der Waals surface area contributed by atoms with Crippen molar-refractivity contribution >= 4 is 22.5 Å². The molecule has 3 aromatic rings. The van der Waals surface area contributed by atoms with Crippen molar-refractivity contribution in [3.05, 3.63) is 65.9 Å². The second kappa shape index (κ2) is 9.03. The van der Waals surface area contributed by atoms with Gasteiger partial charge in [-0.1, -0.05) is 30.3 Å². The van der Waals surface area contributed by atoms with E-state index in [9.17, 15) is 0 Å².